The minimum absolute atomic E-state index is 0.0316. The summed E-state index contributed by atoms with van der Waals surface area (Å²) in [5.74, 6) is 0.642. The minimum atomic E-state index is -4.60. The Labute approximate surface area is 241 Å². The molecule has 230 valence electrons. The van der Waals surface area contributed by atoms with Gasteiger partial charge in [0.25, 0.3) is 0 Å². The first-order valence-electron chi connectivity index (χ1n) is 13.5. The highest BCUT2D eigenvalue weighted by Gasteiger charge is 2.32. The van der Waals surface area contributed by atoms with Gasteiger partial charge in [-0.3, -0.25) is 4.90 Å². The summed E-state index contributed by atoms with van der Waals surface area (Å²) < 4.78 is 90.4. The highest BCUT2D eigenvalue weighted by Crippen LogP contribution is 2.33. The fourth-order valence-corrected chi connectivity index (χ4v) is 4.49. The molecule has 0 aliphatic carbocycles. The molecule has 0 saturated carbocycles. The molecule has 0 radical (unpaired) electrons. The second kappa shape index (κ2) is 14.9. The van der Waals surface area contributed by atoms with Crippen molar-refractivity contribution in [3.8, 4) is 5.75 Å². The largest absolute Gasteiger partial charge is 0.491 e. The van der Waals surface area contributed by atoms with Crippen LogP contribution in [0.3, 0.4) is 0 Å². The van der Waals surface area contributed by atoms with Crippen molar-refractivity contribution in [3.05, 3.63) is 101 Å². The second-order valence-electron chi connectivity index (χ2n) is 9.97. The molecule has 2 N–H and O–H groups in total. The van der Waals surface area contributed by atoms with Gasteiger partial charge in [0.05, 0.1) is 29.9 Å². The molecular formula is C31H35F6NO4. The van der Waals surface area contributed by atoms with Crippen molar-refractivity contribution in [1.29, 1.82) is 0 Å². The number of hydrogen-bond donors (Lipinski definition) is 2. The van der Waals surface area contributed by atoms with E-state index in [2.05, 4.69) is 0 Å². The molecule has 0 saturated heterocycles. The second-order valence-corrected chi connectivity index (χ2v) is 9.97. The Hall–Kier alpha value is -3.12. The number of halogens is 6. The molecule has 3 aromatic rings. The SMILES string of the molecule is CCOCCOc1ccc(C[C@@H](C)N(CC(O)c2cccc(C(F)(F)F)c2)C[C@@H](O)c2cccc(C(F)(F)F)c2)cc1. The lowest BCUT2D eigenvalue weighted by atomic mass is 10.0. The first-order valence-corrected chi connectivity index (χ1v) is 13.5. The smallest absolute Gasteiger partial charge is 0.416 e. The van der Waals surface area contributed by atoms with Gasteiger partial charge in [-0.15, -0.1) is 0 Å². The van der Waals surface area contributed by atoms with Crippen LogP contribution in [-0.4, -0.2) is 54.1 Å². The normalized spacial score (nSPS) is 14.5. The number of rotatable bonds is 14. The Morgan fingerprint density at radius 2 is 1.24 bits per heavy atom. The molecule has 11 heteroatoms. The molecular weight excluding hydrogens is 564 g/mol. The van der Waals surface area contributed by atoms with E-state index in [1.54, 1.807) is 17.0 Å². The molecule has 1 unspecified atom stereocenters. The maximum atomic E-state index is 13.3. The molecule has 3 atom stereocenters. The van der Waals surface area contributed by atoms with Crippen LogP contribution in [0.2, 0.25) is 0 Å². The van der Waals surface area contributed by atoms with E-state index in [1.165, 1.54) is 24.3 Å². The number of nitrogens with zero attached hydrogens (tertiary/aromatic N) is 1. The fourth-order valence-electron chi connectivity index (χ4n) is 4.49. The summed E-state index contributed by atoms with van der Waals surface area (Å²) >= 11 is 0. The van der Waals surface area contributed by atoms with Gasteiger partial charge >= 0.3 is 12.4 Å². The van der Waals surface area contributed by atoms with Gasteiger partial charge in [0.1, 0.15) is 12.4 Å². The molecule has 0 amide bonds. The fraction of sp³-hybridized carbons (Fsp3) is 0.419. The summed E-state index contributed by atoms with van der Waals surface area (Å²) in [6, 6.07) is 15.6. The molecule has 0 heterocycles. The van der Waals surface area contributed by atoms with E-state index >= 15 is 0 Å². The summed E-state index contributed by atoms with van der Waals surface area (Å²) in [4.78, 5) is 1.66. The van der Waals surface area contributed by atoms with Crippen LogP contribution in [0, 0.1) is 0 Å². The zero-order valence-corrected chi connectivity index (χ0v) is 23.3. The molecule has 0 aromatic heterocycles. The number of aliphatic hydroxyl groups is 2. The van der Waals surface area contributed by atoms with E-state index in [-0.39, 0.29) is 30.3 Å². The van der Waals surface area contributed by atoms with Crippen LogP contribution in [0.5, 0.6) is 5.75 Å². The van der Waals surface area contributed by atoms with Crippen LogP contribution in [-0.2, 0) is 23.5 Å². The van der Waals surface area contributed by atoms with Gasteiger partial charge in [0.2, 0.25) is 0 Å². The third-order valence-corrected chi connectivity index (χ3v) is 6.79. The van der Waals surface area contributed by atoms with Crippen LogP contribution in [0.4, 0.5) is 26.3 Å². The topological polar surface area (TPSA) is 62.2 Å². The quantitative estimate of drug-likeness (QED) is 0.157. The van der Waals surface area contributed by atoms with Gasteiger partial charge in [-0.2, -0.15) is 26.3 Å². The zero-order valence-electron chi connectivity index (χ0n) is 23.3. The zero-order chi connectivity index (χ0) is 30.9. The van der Waals surface area contributed by atoms with Crippen LogP contribution < -0.4 is 4.74 Å². The van der Waals surface area contributed by atoms with Gasteiger partial charge < -0.3 is 19.7 Å². The highest BCUT2D eigenvalue weighted by atomic mass is 19.4. The molecule has 0 aliphatic heterocycles. The van der Waals surface area contributed by atoms with Crippen molar-refractivity contribution >= 4 is 0 Å². The molecule has 42 heavy (non-hydrogen) atoms. The molecule has 0 fully saturated rings. The Bertz CT molecular complexity index is 1180. The van der Waals surface area contributed by atoms with Crippen molar-refractivity contribution in [2.45, 2.75) is 50.9 Å². The van der Waals surface area contributed by atoms with Crippen molar-refractivity contribution in [3.63, 3.8) is 0 Å². The molecule has 3 rings (SSSR count). The third-order valence-electron chi connectivity index (χ3n) is 6.79. The number of hydrogen-bond acceptors (Lipinski definition) is 5. The number of benzene rings is 3. The standard InChI is InChI=1S/C31H35F6NO4/c1-3-41-14-15-42-27-12-10-22(11-13-27)16-21(2)38(19-28(39)23-6-4-8-25(17-23)30(32,33)34)20-29(40)24-7-5-9-26(18-24)31(35,36)37/h4-13,17-18,21,28-29,39-40H,3,14-16,19-20H2,1-2H3/t21-,28-,29?/m1/s1. The first-order chi connectivity index (χ1) is 19.8. The van der Waals surface area contributed by atoms with Crippen LogP contribution in [0.25, 0.3) is 0 Å². The van der Waals surface area contributed by atoms with E-state index in [0.717, 1.165) is 29.8 Å². The van der Waals surface area contributed by atoms with Crippen molar-refractivity contribution in [2.24, 2.45) is 0 Å². The molecule has 0 bridgehead atoms. The number of alkyl halides is 6. The average molecular weight is 600 g/mol. The summed E-state index contributed by atoms with van der Waals surface area (Å²) in [6.45, 7) is 4.78. The van der Waals surface area contributed by atoms with Gasteiger partial charge in [0.15, 0.2) is 0 Å². The average Bonchev–Trinajstić information content (AvgIpc) is 2.95. The van der Waals surface area contributed by atoms with E-state index in [4.69, 9.17) is 9.47 Å². The van der Waals surface area contributed by atoms with Crippen molar-refractivity contribution in [1.82, 2.24) is 4.90 Å². The van der Waals surface area contributed by atoms with Gasteiger partial charge in [-0.05, 0) is 73.4 Å². The first kappa shape index (κ1) is 33.4. The number of ether oxygens (including phenoxy) is 2. The third kappa shape index (κ3) is 10.0. The van der Waals surface area contributed by atoms with Gasteiger partial charge in [-0.1, -0.05) is 36.4 Å². The predicted octanol–water partition coefficient (Wildman–Crippen LogP) is 6.84. The van der Waals surface area contributed by atoms with Crippen LogP contribution in [0.1, 0.15) is 53.9 Å². The maximum absolute atomic E-state index is 13.3. The van der Waals surface area contributed by atoms with Crippen LogP contribution in [0.15, 0.2) is 72.8 Å². The lowest BCUT2D eigenvalue weighted by molar-refractivity contribution is -0.138. The van der Waals surface area contributed by atoms with E-state index in [1.807, 2.05) is 26.0 Å². The van der Waals surface area contributed by atoms with Crippen LogP contribution >= 0.6 is 0 Å². The minimum Gasteiger partial charge on any atom is -0.491 e. The maximum Gasteiger partial charge on any atom is 0.416 e. The van der Waals surface area contributed by atoms with E-state index < -0.39 is 35.7 Å². The Balaban J connectivity index is 1.79. The number of aliphatic hydroxyl groups excluding tert-OH is 2. The van der Waals surface area contributed by atoms with Crippen molar-refractivity contribution in [2.75, 3.05) is 32.9 Å². The summed E-state index contributed by atoms with van der Waals surface area (Å²) in [5.41, 5.74) is -0.877. The Morgan fingerprint density at radius 1 is 0.738 bits per heavy atom. The van der Waals surface area contributed by atoms with Gasteiger partial charge in [-0.25, -0.2) is 0 Å². The molecule has 5 nitrogen and oxygen atoms in total. The molecule has 3 aromatic carbocycles. The lowest BCUT2D eigenvalue weighted by Crippen LogP contribution is -2.40. The highest BCUT2D eigenvalue weighted by molar-refractivity contribution is 5.30. The summed E-state index contributed by atoms with van der Waals surface area (Å²) in [6.07, 6.45) is -11.5. The lowest BCUT2D eigenvalue weighted by Gasteiger charge is -2.33. The molecule has 0 spiro atoms. The van der Waals surface area contributed by atoms with E-state index in [9.17, 15) is 36.6 Å². The van der Waals surface area contributed by atoms with E-state index in [0.29, 0.717) is 32.0 Å². The Morgan fingerprint density at radius 3 is 1.69 bits per heavy atom. The Kier molecular flexibility index (Phi) is 11.8. The van der Waals surface area contributed by atoms with Crippen molar-refractivity contribution < 1.29 is 46.0 Å². The van der Waals surface area contributed by atoms with Gasteiger partial charge in [0, 0.05) is 25.7 Å². The summed E-state index contributed by atoms with van der Waals surface area (Å²) in [7, 11) is 0. The predicted molar refractivity (Wildman–Crippen MR) is 146 cm³/mol. The monoisotopic (exact) mass is 599 g/mol. The molecule has 0 aliphatic rings. The summed E-state index contributed by atoms with van der Waals surface area (Å²) in [5, 5.41) is 21.8.